The number of hydrogen-bond donors (Lipinski definition) is 0. The van der Waals surface area contributed by atoms with Crippen LogP contribution in [0.1, 0.15) is 46.5 Å². The largest absolute Gasteiger partial charge is 0.497 e. The molecular weight excluding hydrogens is 340 g/mol. The molecular formula is C23H34O4. The van der Waals surface area contributed by atoms with Crippen LogP contribution >= 0.6 is 0 Å². The van der Waals surface area contributed by atoms with Gasteiger partial charge in [0.25, 0.3) is 0 Å². The lowest BCUT2D eigenvalue weighted by molar-refractivity contribution is -0.256. The van der Waals surface area contributed by atoms with Gasteiger partial charge in [0.2, 0.25) is 6.29 Å². The molecule has 0 amide bonds. The number of rotatable bonds is 3. The van der Waals surface area contributed by atoms with Gasteiger partial charge in [-0.15, -0.1) is 0 Å². The van der Waals surface area contributed by atoms with E-state index in [1.54, 1.807) is 7.11 Å². The molecule has 4 nitrogen and oxygen atoms in total. The average molecular weight is 375 g/mol. The third kappa shape index (κ3) is 3.84. The minimum absolute atomic E-state index is 0.143. The van der Waals surface area contributed by atoms with Crippen molar-refractivity contribution in [1.82, 2.24) is 0 Å². The van der Waals surface area contributed by atoms with E-state index in [4.69, 9.17) is 18.9 Å². The van der Waals surface area contributed by atoms with Gasteiger partial charge in [0.15, 0.2) is 0 Å². The van der Waals surface area contributed by atoms with Crippen molar-refractivity contribution in [3.63, 3.8) is 0 Å². The van der Waals surface area contributed by atoms with Gasteiger partial charge in [0.1, 0.15) is 11.5 Å². The molecule has 1 aromatic rings. The van der Waals surface area contributed by atoms with E-state index in [1.807, 2.05) is 24.3 Å². The zero-order valence-electron chi connectivity index (χ0n) is 17.1. The van der Waals surface area contributed by atoms with E-state index >= 15 is 0 Å². The maximum Gasteiger partial charge on any atom is 0.203 e. The standard InChI is InChI=1S/C23H34O4/c1-14-5-11-20-16(3)23(26-18-9-7-17(24-4)8-10-18)27-21-13-25-15(2)6-12-19(14)22(20)21/h7-10,14-16,19-23H,5-6,11-13H2,1-4H3/t14-,15?,16-,19+,20+,21-,22?,23+/m1/s1. The van der Waals surface area contributed by atoms with Gasteiger partial charge < -0.3 is 18.9 Å². The SMILES string of the molecule is COc1ccc(O[C@H]2O[C@@H]3COC(C)CC[C@@H]4C3[C@@H](CC[C@H]4C)[C@H]2C)cc1. The molecule has 4 heteroatoms. The molecule has 0 spiro atoms. The first-order valence-corrected chi connectivity index (χ1v) is 10.6. The van der Waals surface area contributed by atoms with Gasteiger partial charge >= 0.3 is 0 Å². The predicted molar refractivity (Wildman–Crippen MR) is 105 cm³/mol. The number of hydrogen-bond acceptors (Lipinski definition) is 4. The van der Waals surface area contributed by atoms with Crippen molar-refractivity contribution < 1.29 is 18.9 Å². The second-order valence-electron chi connectivity index (χ2n) is 8.88. The summed E-state index contributed by atoms with van der Waals surface area (Å²) in [6.07, 6.45) is 5.30. The van der Waals surface area contributed by atoms with E-state index in [9.17, 15) is 0 Å². The average Bonchev–Trinajstić information content (AvgIpc) is 2.67. The second-order valence-corrected chi connectivity index (χ2v) is 8.88. The summed E-state index contributed by atoms with van der Waals surface area (Å²) in [5, 5.41) is 0. The third-order valence-electron chi connectivity index (χ3n) is 7.28. The Hall–Kier alpha value is -1.26. The molecule has 0 bridgehead atoms. The monoisotopic (exact) mass is 374 g/mol. The van der Waals surface area contributed by atoms with Crippen molar-refractivity contribution in [3.8, 4) is 11.5 Å². The Morgan fingerprint density at radius 1 is 0.889 bits per heavy atom. The van der Waals surface area contributed by atoms with Gasteiger partial charge in [0.05, 0.1) is 25.9 Å². The van der Waals surface area contributed by atoms with Gasteiger partial charge in [-0.05, 0) is 74.1 Å². The fourth-order valence-corrected chi connectivity index (χ4v) is 5.63. The Bertz CT molecular complexity index is 615. The lowest BCUT2D eigenvalue weighted by atomic mass is 9.59. The summed E-state index contributed by atoms with van der Waals surface area (Å²) >= 11 is 0. The third-order valence-corrected chi connectivity index (χ3v) is 7.28. The molecule has 4 rings (SSSR count). The number of ether oxygens (including phenoxy) is 4. The molecule has 0 aromatic heterocycles. The van der Waals surface area contributed by atoms with Crippen molar-refractivity contribution >= 4 is 0 Å². The highest BCUT2D eigenvalue weighted by Crippen LogP contribution is 2.51. The summed E-state index contributed by atoms with van der Waals surface area (Å²) in [5.41, 5.74) is 0. The van der Waals surface area contributed by atoms with Crippen molar-refractivity contribution in [2.75, 3.05) is 13.7 Å². The molecule has 3 fully saturated rings. The summed E-state index contributed by atoms with van der Waals surface area (Å²) in [6.45, 7) is 7.64. The molecule has 8 atom stereocenters. The van der Waals surface area contributed by atoms with E-state index in [1.165, 1.54) is 25.7 Å². The Morgan fingerprint density at radius 3 is 2.33 bits per heavy atom. The quantitative estimate of drug-likeness (QED) is 0.753. The van der Waals surface area contributed by atoms with Gasteiger partial charge in [-0.2, -0.15) is 0 Å². The minimum Gasteiger partial charge on any atom is -0.497 e. The Kier molecular flexibility index (Phi) is 5.65. The normalized spacial score (nSPS) is 41.8. The summed E-state index contributed by atoms with van der Waals surface area (Å²) < 4.78 is 24.2. The molecule has 0 N–H and O–H groups in total. The second kappa shape index (κ2) is 8.00. The fourth-order valence-electron chi connectivity index (χ4n) is 5.63. The van der Waals surface area contributed by atoms with Gasteiger partial charge in [0, 0.05) is 5.92 Å². The molecule has 2 aliphatic heterocycles. The zero-order chi connectivity index (χ0) is 19.0. The summed E-state index contributed by atoms with van der Waals surface area (Å²) in [7, 11) is 1.68. The summed E-state index contributed by atoms with van der Waals surface area (Å²) in [4.78, 5) is 0. The Morgan fingerprint density at radius 2 is 1.59 bits per heavy atom. The van der Waals surface area contributed by atoms with E-state index in [0.29, 0.717) is 30.5 Å². The minimum atomic E-state index is -0.211. The lowest BCUT2D eigenvalue weighted by Crippen LogP contribution is -2.56. The highest BCUT2D eigenvalue weighted by Gasteiger charge is 2.51. The van der Waals surface area contributed by atoms with E-state index in [0.717, 1.165) is 23.3 Å². The fraction of sp³-hybridized carbons (Fsp3) is 0.739. The molecule has 1 aliphatic carbocycles. The predicted octanol–water partition coefficient (Wildman–Crippen LogP) is 4.91. The van der Waals surface area contributed by atoms with Crippen LogP contribution in [0.3, 0.4) is 0 Å². The van der Waals surface area contributed by atoms with Crippen LogP contribution in [0.15, 0.2) is 24.3 Å². The molecule has 2 heterocycles. The summed E-state index contributed by atoms with van der Waals surface area (Å²) in [6, 6.07) is 7.79. The highest BCUT2D eigenvalue weighted by atomic mass is 16.7. The van der Waals surface area contributed by atoms with E-state index < -0.39 is 0 Å². The van der Waals surface area contributed by atoms with Crippen molar-refractivity contribution in [2.24, 2.45) is 29.6 Å². The number of methoxy groups -OCH3 is 1. The van der Waals surface area contributed by atoms with Crippen molar-refractivity contribution in [3.05, 3.63) is 24.3 Å². The maximum atomic E-state index is 6.55. The Labute approximate surface area is 163 Å². The van der Waals surface area contributed by atoms with Crippen LogP contribution in [0.5, 0.6) is 11.5 Å². The van der Waals surface area contributed by atoms with Gasteiger partial charge in [-0.25, -0.2) is 0 Å². The first-order chi connectivity index (χ1) is 13.1. The highest BCUT2D eigenvalue weighted by molar-refractivity contribution is 5.31. The molecule has 2 saturated heterocycles. The van der Waals surface area contributed by atoms with E-state index in [-0.39, 0.29) is 12.4 Å². The van der Waals surface area contributed by atoms with Crippen LogP contribution in [-0.4, -0.2) is 32.2 Å². The first-order valence-electron chi connectivity index (χ1n) is 10.6. The molecule has 3 aliphatic rings. The van der Waals surface area contributed by atoms with Crippen molar-refractivity contribution in [2.45, 2.75) is 65.0 Å². The first kappa shape index (κ1) is 19.1. The van der Waals surface area contributed by atoms with Gasteiger partial charge in [-0.3, -0.25) is 0 Å². The maximum absolute atomic E-state index is 6.55. The molecule has 0 radical (unpaired) electrons. The van der Waals surface area contributed by atoms with E-state index in [2.05, 4.69) is 20.8 Å². The van der Waals surface area contributed by atoms with Crippen LogP contribution in [0.2, 0.25) is 0 Å². The zero-order valence-corrected chi connectivity index (χ0v) is 17.1. The topological polar surface area (TPSA) is 36.9 Å². The Balaban J connectivity index is 1.54. The van der Waals surface area contributed by atoms with Crippen LogP contribution < -0.4 is 9.47 Å². The molecule has 27 heavy (non-hydrogen) atoms. The van der Waals surface area contributed by atoms with Gasteiger partial charge in [-0.1, -0.05) is 20.3 Å². The number of benzene rings is 1. The summed E-state index contributed by atoms with van der Waals surface area (Å²) in [5.74, 6) is 4.87. The molecule has 1 aromatic carbocycles. The lowest BCUT2D eigenvalue weighted by Gasteiger charge is -2.54. The molecule has 150 valence electrons. The van der Waals surface area contributed by atoms with Crippen LogP contribution in [0.4, 0.5) is 0 Å². The smallest absolute Gasteiger partial charge is 0.203 e. The van der Waals surface area contributed by atoms with Crippen LogP contribution in [0.25, 0.3) is 0 Å². The van der Waals surface area contributed by atoms with Crippen LogP contribution in [-0.2, 0) is 9.47 Å². The van der Waals surface area contributed by atoms with Crippen molar-refractivity contribution in [1.29, 1.82) is 0 Å². The molecule has 2 unspecified atom stereocenters. The molecule has 1 saturated carbocycles. The van der Waals surface area contributed by atoms with Crippen LogP contribution in [0, 0.1) is 29.6 Å².